The van der Waals surface area contributed by atoms with Crippen LogP contribution in [0.4, 0.5) is 0 Å². The van der Waals surface area contributed by atoms with Gasteiger partial charge in [-0.2, -0.15) is 0 Å². The van der Waals surface area contributed by atoms with Gasteiger partial charge in [-0.05, 0) is 61.1 Å². The molecule has 0 bridgehead atoms. The molecule has 2 aliphatic carbocycles. The highest BCUT2D eigenvalue weighted by atomic mass is 79.9. The number of fused-ring (bicyclic) bond motifs is 1. The van der Waals surface area contributed by atoms with E-state index >= 15 is 0 Å². The molecule has 0 aromatic heterocycles. The van der Waals surface area contributed by atoms with Gasteiger partial charge in [0.15, 0.2) is 0 Å². The number of hydrogen-bond acceptors (Lipinski definition) is 1. The van der Waals surface area contributed by atoms with Gasteiger partial charge in [-0.1, -0.05) is 28.1 Å². The van der Waals surface area contributed by atoms with E-state index in [4.69, 9.17) is 5.73 Å². The summed E-state index contributed by atoms with van der Waals surface area (Å²) in [7, 11) is 0. The summed E-state index contributed by atoms with van der Waals surface area (Å²) in [5.41, 5.74) is 7.69. The first-order chi connectivity index (χ1) is 7.72. The molecule has 1 aromatic rings. The minimum absolute atomic E-state index is 0.363. The van der Waals surface area contributed by atoms with E-state index < -0.39 is 0 Å². The highest BCUT2D eigenvalue weighted by Crippen LogP contribution is 2.55. The van der Waals surface area contributed by atoms with Crippen molar-refractivity contribution >= 4 is 15.9 Å². The second-order valence-corrected chi connectivity index (χ2v) is 6.40. The normalized spacial score (nSPS) is 33.5. The summed E-state index contributed by atoms with van der Waals surface area (Å²) in [6.45, 7) is 0. The third kappa shape index (κ3) is 2.18. The van der Waals surface area contributed by atoms with Crippen molar-refractivity contribution in [1.82, 2.24) is 0 Å². The molecule has 1 aromatic carbocycles. The Morgan fingerprint density at radius 2 is 2.00 bits per heavy atom. The lowest BCUT2D eigenvalue weighted by molar-refractivity contribution is 0.392. The average Bonchev–Trinajstić information content (AvgIpc) is 2.86. The van der Waals surface area contributed by atoms with Crippen LogP contribution in [0.2, 0.25) is 0 Å². The van der Waals surface area contributed by atoms with Gasteiger partial charge in [0, 0.05) is 10.5 Å². The van der Waals surface area contributed by atoms with Crippen LogP contribution in [-0.4, -0.2) is 6.04 Å². The van der Waals surface area contributed by atoms with Crippen molar-refractivity contribution in [2.24, 2.45) is 23.5 Å². The highest BCUT2D eigenvalue weighted by molar-refractivity contribution is 9.10. The Labute approximate surface area is 106 Å². The van der Waals surface area contributed by atoms with Gasteiger partial charge in [-0.15, -0.1) is 0 Å². The third-order valence-corrected chi connectivity index (χ3v) is 4.74. The van der Waals surface area contributed by atoms with E-state index in [-0.39, 0.29) is 0 Å². The zero-order valence-corrected chi connectivity index (χ0v) is 11.0. The van der Waals surface area contributed by atoms with E-state index in [0.29, 0.717) is 6.04 Å². The molecule has 3 rings (SSSR count). The molecule has 3 atom stereocenters. The molecule has 2 saturated carbocycles. The summed E-state index contributed by atoms with van der Waals surface area (Å²) >= 11 is 3.51. The van der Waals surface area contributed by atoms with Crippen molar-refractivity contribution < 1.29 is 0 Å². The number of rotatable bonds is 3. The maximum absolute atomic E-state index is 6.33. The predicted molar refractivity (Wildman–Crippen MR) is 70.1 cm³/mol. The Balaban J connectivity index is 1.61. The van der Waals surface area contributed by atoms with E-state index in [2.05, 4.69) is 40.2 Å². The topological polar surface area (TPSA) is 26.0 Å². The maximum Gasteiger partial charge on any atom is 0.0178 e. The van der Waals surface area contributed by atoms with E-state index in [1.54, 1.807) is 0 Å². The summed E-state index contributed by atoms with van der Waals surface area (Å²) < 4.78 is 1.16. The van der Waals surface area contributed by atoms with Gasteiger partial charge >= 0.3 is 0 Å². The van der Waals surface area contributed by atoms with Gasteiger partial charge in [0.05, 0.1) is 0 Å². The molecule has 2 aliphatic rings. The van der Waals surface area contributed by atoms with E-state index in [1.807, 2.05) is 0 Å². The number of nitrogens with two attached hydrogens (primary N) is 1. The van der Waals surface area contributed by atoms with Gasteiger partial charge in [0.25, 0.3) is 0 Å². The van der Waals surface area contributed by atoms with Crippen LogP contribution in [0.25, 0.3) is 0 Å². The standard InChI is InChI=1S/C14H18BrN/c15-13-3-1-2-9(4-13)5-14(16)12-7-10-6-11(10)8-12/h1-4,10-12,14H,5-8,16H2. The van der Waals surface area contributed by atoms with Gasteiger partial charge in [-0.25, -0.2) is 0 Å². The Morgan fingerprint density at radius 1 is 1.25 bits per heavy atom. The van der Waals surface area contributed by atoms with Gasteiger partial charge in [0.2, 0.25) is 0 Å². The van der Waals surface area contributed by atoms with Crippen molar-refractivity contribution in [3.05, 3.63) is 34.3 Å². The first-order valence-electron chi connectivity index (χ1n) is 6.22. The monoisotopic (exact) mass is 279 g/mol. The summed E-state index contributed by atoms with van der Waals surface area (Å²) in [5, 5.41) is 0. The van der Waals surface area contributed by atoms with Gasteiger partial charge in [0.1, 0.15) is 0 Å². The Bertz CT molecular complexity index is 380. The molecule has 0 saturated heterocycles. The fourth-order valence-electron chi connectivity index (χ4n) is 3.21. The fraction of sp³-hybridized carbons (Fsp3) is 0.571. The number of hydrogen-bond donors (Lipinski definition) is 1. The molecule has 3 unspecified atom stereocenters. The molecule has 0 heterocycles. The third-order valence-electron chi connectivity index (χ3n) is 4.25. The van der Waals surface area contributed by atoms with Gasteiger partial charge in [-0.3, -0.25) is 0 Å². The first-order valence-corrected chi connectivity index (χ1v) is 7.01. The Hall–Kier alpha value is -0.340. The molecule has 2 fully saturated rings. The predicted octanol–water partition coefficient (Wildman–Crippen LogP) is 3.37. The summed E-state index contributed by atoms with van der Waals surface area (Å²) in [5.74, 6) is 2.86. The van der Waals surface area contributed by atoms with Crippen molar-refractivity contribution in [2.75, 3.05) is 0 Å². The van der Waals surface area contributed by atoms with Crippen molar-refractivity contribution in [1.29, 1.82) is 0 Å². The molecule has 1 nitrogen and oxygen atoms in total. The second-order valence-electron chi connectivity index (χ2n) is 5.49. The van der Waals surface area contributed by atoms with E-state index in [9.17, 15) is 0 Å². The maximum atomic E-state index is 6.33. The molecule has 0 spiro atoms. The lowest BCUT2D eigenvalue weighted by atomic mass is 9.90. The Morgan fingerprint density at radius 3 is 2.69 bits per heavy atom. The van der Waals surface area contributed by atoms with Crippen LogP contribution in [0.5, 0.6) is 0 Å². The largest absolute Gasteiger partial charge is 0.327 e. The highest BCUT2D eigenvalue weighted by Gasteiger charge is 2.47. The van der Waals surface area contributed by atoms with Crippen molar-refractivity contribution in [3.63, 3.8) is 0 Å². The Kier molecular flexibility index (Phi) is 2.80. The van der Waals surface area contributed by atoms with Crippen LogP contribution < -0.4 is 5.73 Å². The van der Waals surface area contributed by atoms with E-state index in [1.165, 1.54) is 24.8 Å². The van der Waals surface area contributed by atoms with Crippen LogP contribution in [0.3, 0.4) is 0 Å². The minimum Gasteiger partial charge on any atom is -0.327 e. The SMILES string of the molecule is NC(Cc1cccc(Br)c1)C1CC2CC2C1. The van der Waals surface area contributed by atoms with Crippen LogP contribution in [0.15, 0.2) is 28.7 Å². The summed E-state index contributed by atoms with van der Waals surface area (Å²) in [4.78, 5) is 0. The van der Waals surface area contributed by atoms with Crippen LogP contribution in [0.1, 0.15) is 24.8 Å². The number of halogens is 1. The molecule has 0 radical (unpaired) electrons. The van der Waals surface area contributed by atoms with Crippen LogP contribution >= 0.6 is 15.9 Å². The molecule has 86 valence electrons. The molecule has 2 heteroatoms. The van der Waals surface area contributed by atoms with Gasteiger partial charge < -0.3 is 5.73 Å². The zero-order valence-electron chi connectivity index (χ0n) is 9.40. The number of benzene rings is 1. The zero-order chi connectivity index (χ0) is 11.1. The van der Waals surface area contributed by atoms with Crippen LogP contribution in [0, 0.1) is 17.8 Å². The molecular weight excluding hydrogens is 262 g/mol. The minimum atomic E-state index is 0.363. The van der Waals surface area contributed by atoms with E-state index in [0.717, 1.165) is 28.6 Å². The lowest BCUT2D eigenvalue weighted by Gasteiger charge is -2.20. The van der Waals surface area contributed by atoms with Crippen molar-refractivity contribution in [3.8, 4) is 0 Å². The second kappa shape index (κ2) is 4.15. The average molecular weight is 280 g/mol. The molecule has 0 amide bonds. The van der Waals surface area contributed by atoms with Crippen molar-refractivity contribution in [2.45, 2.75) is 31.7 Å². The summed E-state index contributed by atoms with van der Waals surface area (Å²) in [6, 6.07) is 8.90. The van der Waals surface area contributed by atoms with Crippen LogP contribution in [-0.2, 0) is 6.42 Å². The quantitative estimate of drug-likeness (QED) is 0.902. The molecule has 16 heavy (non-hydrogen) atoms. The smallest absolute Gasteiger partial charge is 0.0178 e. The lowest BCUT2D eigenvalue weighted by Crippen LogP contribution is -2.31. The fourth-order valence-corrected chi connectivity index (χ4v) is 3.66. The molecular formula is C14H18BrN. The first kappa shape index (κ1) is 10.8. The summed E-state index contributed by atoms with van der Waals surface area (Å²) in [6.07, 6.45) is 5.29. The molecule has 0 aliphatic heterocycles. The molecule has 2 N–H and O–H groups in total.